The number of hydrogen-bond acceptors (Lipinski definition) is 2. The van der Waals surface area contributed by atoms with Gasteiger partial charge >= 0.3 is 0 Å². The fraction of sp³-hybridized carbons (Fsp3) is 1.00. The third-order valence-corrected chi connectivity index (χ3v) is 1.47. The summed E-state index contributed by atoms with van der Waals surface area (Å²) in [5.41, 5.74) is 0. The molecule has 0 spiro atoms. The summed E-state index contributed by atoms with van der Waals surface area (Å²) in [6, 6.07) is 0. The lowest BCUT2D eigenvalue weighted by molar-refractivity contribution is 0.143. The van der Waals surface area contributed by atoms with E-state index in [4.69, 9.17) is 4.74 Å². The summed E-state index contributed by atoms with van der Waals surface area (Å²) in [5.74, 6) is 1.01. The van der Waals surface area contributed by atoms with Crippen LogP contribution in [-0.4, -0.2) is 19.0 Å². The molecule has 2 heteroatoms. The van der Waals surface area contributed by atoms with Crippen LogP contribution in [0.1, 0.15) is 26.2 Å². The number of hydrogen-bond donors (Lipinski definition) is 1. The van der Waals surface area contributed by atoms with Crippen LogP contribution in [0.4, 0.5) is 0 Å². The van der Waals surface area contributed by atoms with Crippen molar-refractivity contribution in [1.29, 1.82) is 0 Å². The molecule has 0 radical (unpaired) electrons. The quantitative estimate of drug-likeness (QED) is 0.448. The molecule has 0 saturated carbocycles. The SMILES string of the molecule is CCOCCCCCS. The summed E-state index contributed by atoms with van der Waals surface area (Å²) in [7, 11) is 0. The molecule has 0 aliphatic heterocycles. The van der Waals surface area contributed by atoms with Crippen LogP contribution in [0.5, 0.6) is 0 Å². The van der Waals surface area contributed by atoms with E-state index < -0.39 is 0 Å². The molecule has 0 saturated heterocycles. The van der Waals surface area contributed by atoms with Gasteiger partial charge in [0.1, 0.15) is 0 Å². The topological polar surface area (TPSA) is 9.23 Å². The molecule has 0 amide bonds. The Morgan fingerprint density at radius 3 is 2.56 bits per heavy atom. The number of thiol groups is 1. The molecule has 0 aromatic heterocycles. The van der Waals surface area contributed by atoms with Crippen molar-refractivity contribution < 1.29 is 4.74 Å². The van der Waals surface area contributed by atoms with Gasteiger partial charge < -0.3 is 4.74 Å². The van der Waals surface area contributed by atoms with Crippen molar-refractivity contribution in [2.24, 2.45) is 0 Å². The van der Waals surface area contributed by atoms with E-state index in [0.29, 0.717) is 0 Å². The first-order valence-electron chi connectivity index (χ1n) is 3.60. The number of unbranched alkanes of at least 4 members (excludes halogenated alkanes) is 2. The lowest BCUT2D eigenvalue weighted by Gasteiger charge is -1.98. The van der Waals surface area contributed by atoms with E-state index in [1.807, 2.05) is 6.92 Å². The van der Waals surface area contributed by atoms with E-state index in [9.17, 15) is 0 Å². The molecule has 0 N–H and O–H groups in total. The summed E-state index contributed by atoms with van der Waals surface area (Å²) in [5, 5.41) is 0. The highest BCUT2D eigenvalue weighted by Crippen LogP contribution is 1.96. The fourth-order valence-corrected chi connectivity index (χ4v) is 0.861. The van der Waals surface area contributed by atoms with Crippen LogP contribution in [0.3, 0.4) is 0 Å². The summed E-state index contributed by atoms with van der Waals surface area (Å²) >= 11 is 4.10. The van der Waals surface area contributed by atoms with E-state index in [-0.39, 0.29) is 0 Å². The van der Waals surface area contributed by atoms with Gasteiger partial charge in [-0.3, -0.25) is 0 Å². The van der Waals surface area contributed by atoms with Crippen LogP contribution < -0.4 is 0 Å². The highest BCUT2D eigenvalue weighted by Gasteiger charge is 1.85. The van der Waals surface area contributed by atoms with Crippen LogP contribution in [0, 0.1) is 0 Å². The van der Waals surface area contributed by atoms with Crippen molar-refractivity contribution >= 4 is 12.6 Å². The van der Waals surface area contributed by atoms with E-state index in [2.05, 4.69) is 12.6 Å². The minimum absolute atomic E-state index is 0.848. The average molecular weight is 148 g/mol. The molecule has 56 valence electrons. The Balaban J connectivity index is 2.60. The summed E-state index contributed by atoms with van der Waals surface area (Å²) < 4.78 is 5.16. The molecular formula is C7H16OS. The molecule has 0 fully saturated rings. The van der Waals surface area contributed by atoms with E-state index in [0.717, 1.165) is 19.0 Å². The molecule has 0 aromatic rings. The van der Waals surface area contributed by atoms with Gasteiger partial charge in [0.05, 0.1) is 0 Å². The Morgan fingerprint density at radius 2 is 2.00 bits per heavy atom. The van der Waals surface area contributed by atoms with Gasteiger partial charge in [0, 0.05) is 13.2 Å². The normalized spacial score (nSPS) is 10.0. The molecule has 0 atom stereocenters. The molecule has 9 heavy (non-hydrogen) atoms. The zero-order valence-electron chi connectivity index (χ0n) is 6.10. The van der Waals surface area contributed by atoms with Crippen molar-refractivity contribution in [2.75, 3.05) is 19.0 Å². The standard InChI is InChI=1S/C7H16OS/c1-2-8-6-4-3-5-7-9/h9H,2-7H2,1H3. The summed E-state index contributed by atoms with van der Waals surface area (Å²) in [4.78, 5) is 0. The van der Waals surface area contributed by atoms with E-state index in [1.54, 1.807) is 0 Å². The predicted molar refractivity (Wildman–Crippen MR) is 44.2 cm³/mol. The van der Waals surface area contributed by atoms with Crippen LogP contribution in [0.25, 0.3) is 0 Å². The van der Waals surface area contributed by atoms with Crippen molar-refractivity contribution in [3.63, 3.8) is 0 Å². The average Bonchev–Trinajstić information content (AvgIpc) is 1.89. The van der Waals surface area contributed by atoms with Gasteiger partial charge in [0.15, 0.2) is 0 Å². The van der Waals surface area contributed by atoms with Crippen LogP contribution in [0.15, 0.2) is 0 Å². The van der Waals surface area contributed by atoms with Crippen molar-refractivity contribution in [3.05, 3.63) is 0 Å². The van der Waals surface area contributed by atoms with Gasteiger partial charge in [0.25, 0.3) is 0 Å². The van der Waals surface area contributed by atoms with Gasteiger partial charge in [-0.15, -0.1) is 0 Å². The second-order valence-corrected chi connectivity index (χ2v) is 2.43. The monoisotopic (exact) mass is 148 g/mol. The van der Waals surface area contributed by atoms with Crippen molar-refractivity contribution in [3.8, 4) is 0 Å². The number of rotatable bonds is 6. The number of ether oxygens (including phenoxy) is 1. The predicted octanol–water partition coefficient (Wildman–Crippen LogP) is 2.12. The largest absolute Gasteiger partial charge is 0.382 e. The maximum atomic E-state index is 5.16. The molecule has 0 bridgehead atoms. The summed E-state index contributed by atoms with van der Waals surface area (Å²) in [6.45, 7) is 3.80. The zero-order chi connectivity index (χ0) is 6.95. The molecule has 0 aromatic carbocycles. The van der Waals surface area contributed by atoms with Crippen LogP contribution in [0.2, 0.25) is 0 Å². The molecule has 1 nitrogen and oxygen atoms in total. The Bertz CT molecular complexity index is 42.2. The first-order chi connectivity index (χ1) is 4.41. The molecule has 0 heterocycles. The van der Waals surface area contributed by atoms with Crippen LogP contribution in [-0.2, 0) is 4.74 Å². The third kappa shape index (κ3) is 8.31. The highest BCUT2D eigenvalue weighted by molar-refractivity contribution is 7.80. The van der Waals surface area contributed by atoms with Crippen LogP contribution >= 0.6 is 12.6 Å². The Kier molecular flexibility index (Phi) is 8.60. The fourth-order valence-electron chi connectivity index (χ4n) is 0.637. The third-order valence-electron chi connectivity index (χ3n) is 1.15. The highest BCUT2D eigenvalue weighted by atomic mass is 32.1. The Morgan fingerprint density at radius 1 is 1.22 bits per heavy atom. The molecule has 0 aliphatic carbocycles. The minimum Gasteiger partial charge on any atom is -0.382 e. The smallest absolute Gasteiger partial charge is 0.0465 e. The second-order valence-electron chi connectivity index (χ2n) is 1.98. The molecule has 0 rings (SSSR count). The second kappa shape index (κ2) is 8.31. The van der Waals surface area contributed by atoms with Gasteiger partial charge in [0.2, 0.25) is 0 Å². The first-order valence-corrected chi connectivity index (χ1v) is 4.23. The lowest BCUT2D eigenvalue weighted by Crippen LogP contribution is -1.92. The van der Waals surface area contributed by atoms with E-state index >= 15 is 0 Å². The van der Waals surface area contributed by atoms with Gasteiger partial charge in [-0.05, 0) is 25.5 Å². The van der Waals surface area contributed by atoms with Gasteiger partial charge in [-0.1, -0.05) is 6.42 Å². The first kappa shape index (κ1) is 9.31. The van der Waals surface area contributed by atoms with Crippen molar-refractivity contribution in [1.82, 2.24) is 0 Å². The van der Waals surface area contributed by atoms with Gasteiger partial charge in [-0.25, -0.2) is 0 Å². The minimum atomic E-state index is 0.848. The van der Waals surface area contributed by atoms with Gasteiger partial charge in [-0.2, -0.15) is 12.6 Å². The van der Waals surface area contributed by atoms with Crippen molar-refractivity contribution in [2.45, 2.75) is 26.2 Å². The Labute approximate surface area is 63.2 Å². The van der Waals surface area contributed by atoms with E-state index in [1.165, 1.54) is 19.3 Å². The Hall–Kier alpha value is 0.310. The molecular weight excluding hydrogens is 132 g/mol. The maximum Gasteiger partial charge on any atom is 0.0465 e. The molecule has 0 aliphatic rings. The zero-order valence-corrected chi connectivity index (χ0v) is 6.99. The molecule has 0 unspecified atom stereocenters. The lowest BCUT2D eigenvalue weighted by atomic mass is 10.3. The maximum absolute atomic E-state index is 5.16. The summed E-state index contributed by atoms with van der Waals surface area (Å²) in [6.07, 6.45) is 3.66.